The van der Waals surface area contributed by atoms with Crippen LogP contribution in [0.25, 0.3) is 17.4 Å². The smallest absolute Gasteiger partial charge is 0.333 e. The van der Waals surface area contributed by atoms with Gasteiger partial charge in [0.25, 0.3) is 30.4 Å². The van der Waals surface area contributed by atoms with Crippen molar-refractivity contribution in [2.75, 3.05) is 110 Å². The third kappa shape index (κ3) is 18.2. The van der Waals surface area contributed by atoms with Crippen molar-refractivity contribution in [3.05, 3.63) is 94.7 Å². The van der Waals surface area contributed by atoms with E-state index in [-0.39, 0.29) is 54.7 Å². The lowest BCUT2D eigenvalue weighted by Gasteiger charge is -2.30. The van der Waals surface area contributed by atoms with Gasteiger partial charge in [-0.25, -0.2) is 9.37 Å². The van der Waals surface area contributed by atoms with Gasteiger partial charge in [0.15, 0.2) is 6.54 Å². The molecule has 0 amide bonds. The van der Waals surface area contributed by atoms with Crippen LogP contribution in [0.4, 0.5) is 5.69 Å². The summed E-state index contributed by atoms with van der Waals surface area (Å²) in [6, 6.07) is 14.0. The van der Waals surface area contributed by atoms with Gasteiger partial charge in [0.1, 0.15) is 24.7 Å². The first kappa shape index (κ1) is 61.7. The molecule has 76 heavy (non-hydrogen) atoms. The van der Waals surface area contributed by atoms with E-state index in [1.807, 2.05) is 35.8 Å². The maximum atomic E-state index is 13.0. The molecule has 0 radical (unpaired) electrons. The van der Waals surface area contributed by atoms with E-state index in [1.54, 1.807) is 30.2 Å². The molecule has 3 heterocycles. The van der Waals surface area contributed by atoms with Crippen LogP contribution in [-0.2, 0) is 73.8 Å². The molecule has 5 rings (SSSR count). The molecule has 1 atom stereocenters. The first-order chi connectivity index (χ1) is 35.9. The monoisotopic (exact) mass is 1130 g/mol. The van der Waals surface area contributed by atoms with Crippen molar-refractivity contribution < 1.29 is 86.5 Å². The Morgan fingerprint density at radius 1 is 0.763 bits per heavy atom. The fraction of sp³-hybridized carbons (Fsp3) is 0.529. The molecule has 2 aromatic rings. The van der Waals surface area contributed by atoms with Crippen LogP contribution in [0.3, 0.4) is 0 Å². The van der Waals surface area contributed by atoms with Gasteiger partial charge in [-0.05, 0) is 85.2 Å². The fourth-order valence-electron chi connectivity index (χ4n) is 8.62. The number of allylic oxidation sites excluding steroid dienone is 3. The summed E-state index contributed by atoms with van der Waals surface area (Å²) in [6.07, 6.45) is 5.54. The molecule has 22 nitrogen and oxygen atoms in total. The molecule has 0 saturated carbocycles. The van der Waals surface area contributed by atoms with Crippen molar-refractivity contribution >= 4 is 48.1 Å². The van der Waals surface area contributed by atoms with Crippen molar-refractivity contribution in [1.82, 2.24) is 9.31 Å². The van der Waals surface area contributed by atoms with E-state index in [9.17, 15) is 49.4 Å². The highest BCUT2D eigenvalue weighted by atomic mass is 32.2. The molecule has 0 bridgehead atoms. The molecule has 1 aromatic carbocycles. The molecule has 4 N–H and O–H groups in total. The lowest BCUT2D eigenvalue weighted by molar-refractivity contribution is -0.145. The van der Waals surface area contributed by atoms with Gasteiger partial charge in [0.2, 0.25) is 17.1 Å². The zero-order valence-electron chi connectivity index (χ0n) is 43.8. The number of anilines is 1. The van der Waals surface area contributed by atoms with Crippen LogP contribution < -0.4 is 19.7 Å². The third-order valence-corrected chi connectivity index (χ3v) is 15.4. The van der Waals surface area contributed by atoms with Crippen LogP contribution in [0, 0.1) is 0 Å². The summed E-state index contributed by atoms with van der Waals surface area (Å²) in [5.74, 6) is -1.61. The number of rotatable bonds is 32. The summed E-state index contributed by atoms with van der Waals surface area (Å²) < 4.78 is 134. The molecular weight excluding hydrogens is 1050 g/mol. The summed E-state index contributed by atoms with van der Waals surface area (Å²) in [5.41, 5.74) is 1.80. The van der Waals surface area contributed by atoms with Gasteiger partial charge < -0.3 is 48.1 Å². The lowest BCUT2D eigenvalue weighted by atomic mass is 9.77. The number of aromatic hydroxyl groups is 2. The van der Waals surface area contributed by atoms with E-state index in [0.29, 0.717) is 106 Å². The number of fused-ring (bicyclic) bond motifs is 2. The van der Waals surface area contributed by atoms with Crippen LogP contribution in [-0.4, -0.2) is 160 Å². The SMILES string of the molecule is COCCOCCOCCOCCOCC[N+](CCCS(=O)(=O)OC)=c1ccc2c(C(C)(C)C)cc(C=CC=C3N(CCCS(=O)(=O)O)c4ccc(S(=O)(=O)O)cc4C3(C)CCCC(=O)On3c(O)ccc3O)oc-2c1. The molecule has 0 saturated heterocycles. The van der Waals surface area contributed by atoms with E-state index < -0.39 is 59.3 Å². The highest BCUT2D eigenvalue weighted by Crippen LogP contribution is 2.51. The average molecular weight is 1130 g/mol. The predicted molar refractivity (Wildman–Crippen MR) is 282 cm³/mol. The Bertz CT molecular complexity index is 3000. The van der Waals surface area contributed by atoms with Gasteiger partial charge in [-0.3, -0.25) is 13.3 Å². The standard InChI is InChI=1S/C51H71N3O19S3/c1-50(2,3)42-36-39(72-45-35-38(14-16-41(42)45)52(21-9-34-75(61,62)67-6)23-24-68-27-28-70-31-32-71-30-29-69-26-25-66-5)11-7-12-46-51(4,20-8-13-49(57)73-54-47(55)18-19-48(54)56)43-37-40(76(63,64)65)15-17-44(43)53(46)22-10-33-74(58,59)60/h7,11-12,14-19,35-37H,8-10,13,20-34H2,1-6H3,(H3-,55,56,58,59,60,63,64,65)/p+1. The zero-order chi connectivity index (χ0) is 55.7. The Morgan fingerprint density at radius 3 is 1.99 bits per heavy atom. The number of hydrogen-bond acceptors (Lipinski definition) is 18. The molecule has 1 aromatic heterocycles. The summed E-state index contributed by atoms with van der Waals surface area (Å²) in [6.45, 7) is 12.5. The Balaban J connectivity index is 1.47. The number of hydrogen-bond donors (Lipinski definition) is 4. The third-order valence-electron chi connectivity index (χ3n) is 12.4. The van der Waals surface area contributed by atoms with E-state index in [2.05, 4.69) is 20.8 Å². The second-order valence-corrected chi connectivity index (χ2v) is 23.9. The lowest BCUT2D eigenvalue weighted by Crippen LogP contribution is -2.35. The largest absolute Gasteiger partial charge is 0.492 e. The number of aromatic nitrogens is 1. The van der Waals surface area contributed by atoms with Gasteiger partial charge in [-0.1, -0.05) is 26.8 Å². The fourth-order valence-corrected chi connectivity index (χ4v) is 10.3. The Hall–Kier alpha value is -5.19. The highest BCUT2D eigenvalue weighted by Gasteiger charge is 2.44. The maximum absolute atomic E-state index is 13.0. The highest BCUT2D eigenvalue weighted by molar-refractivity contribution is 7.86. The second kappa shape index (κ2) is 27.9. The van der Waals surface area contributed by atoms with Crippen LogP contribution in [0.1, 0.15) is 76.7 Å². The van der Waals surface area contributed by atoms with Gasteiger partial charge in [-0.15, -0.1) is 4.73 Å². The van der Waals surface area contributed by atoms with Gasteiger partial charge in [0.05, 0.1) is 82.4 Å². The summed E-state index contributed by atoms with van der Waals surface area (Å²) in [4.78, 5) is 19.5. The van der Waals surface area contributed by atoms with Crippen molar-refractivity contribution in [1.29, 1.82) is 0 Å². The van der Waals surface area contributed by atoms with Crippen LogP contribution in [0.2, 0.25) is 0 Å². The van der Waals surface area contributed by atoms with Crippen molar-refractivity contribution in [2.45, 2.75) is 75.5 Å². The molecule has 0 fully saturated rings. The normalized spacial score (nSPS) is 16.3. The zero-order valence-corrected chi connectivity index (χ0v) is 46.3. The number of ether oxygens (including phenoxy) is 5. The minimum absolute atomic E-state index is 0.0356. The summed E-state index contributed by atoms with van der Waals surface area (Å²) in [7, 11) is -10.0. The summed E-state index contributed by atoms with van der Waals surface area (Å²) in [5, 5.41) is 20.7. The first-order valence-corrected chi connectivity index (χ1v) is 29.3. The van der Waals surface area contributed by atoms with Crippen LogP contribution in [0.15, 0.2) is 81.8 Å². The quantitative estimate of drug-likeness (QED) is 0.0222. The number of carbonyl (C=O) groups excluding carboxylic acids is 1. The predicted octanol–water partition coefficient (Wildman–Crippen LogP) is 4.77. The molecule has 1 unspecified atom stereocenters. The molecule has 3 aliphatic rings. The minimum atomic E-state index is -4.69. The van der Waals surface area contributed by atoms with Crippen molar-refractivity contribution in [2.24, 2.45) is 0 Å². The Labute approximate surface area is 445 Å². The van der Waals surface area contributed by atoms with Crippen LogP contribution >= 0.6 is 0 Å². The minimum Gasteiger partial charge on any atom is -0.492 e. The molecule has 1 aliphatic carbocycles. The molecule has 2 aliphatic heterocycles. The second-order valence-electron chi connectivity index (χ2n) is 19.1. The Morgan fingerprint density at radius 2 is 1.39 bits per heavy atom. The van der Waals surface area contributed by atoms with E-state index in [1.165, 1.54) is 18.2 Å². The molecule has 0 spiro atoms. The van der Waals surface area contributed by atoms with Crippen molar-refractivity contribution in [3.63, 3.8) is 0 Å². The topological polar surface area (TPSA) is 289 Å². The number of methoxy groups -OCH3 is 1. The summed E-state index contributed by atoms with van der Waals surface area (Å²) >= 11 is 0. The maximum Gasteiger partial charge on any atom is 0.333 e. The van der Waals surface area contributed by atoms with Gasteiger partial charge in [0, 0.05) is 67.1 Å². The number of nitrogens with zero attached hydrogens (tertiary/aromatic N) is 3. The molecular formula is C51H72N3O19S3+. The van der Waals surface area contributed by atoms with Crippen molar-refractivity contribution in [3.8, 4) is 23.1 Å². The van der Waals surface area contributed by atoms with Gasteiger partial charge in [-0.2, -0.15) is 25.3 Å². The van der Waals surface area contributed by atoms with E-state index in [0.717, 1.165) is 35.7 Å². The van der Waals surface area contributed by atoms with Gasteiger partial charge >= 0.3 is 5.97 Å². The first-order valence-electron chi connectivity index (χ1n) is 24.7. The number of carbonyl (C=O) groups is 1. The Kier molecular flexibility index (Phi) is 22.7. The van der Waals surface area contributed by atoms with E-state index in [4.69, 9.17) is 37.1 Å². The van der Waals surface area contributed by atoms with E-state index >= 15 is 0 Å². The molecule has 422 valence electrons. The average Bonchev–Trinajstić information content (AvgIpc) is 3.78. The molecule has 25 heteroatoms. The van der Waals surface area contributed by atoms with Crippen LogP contribution in [0.5, 0.6) is 11.8 Å². The number of benzene rings is 2.